The van der Waals surface area contributed by atoms with Crippen LogP contribution in [0.4, 0.5) is 0 Å². The van der Waals surface area contributed by atoms with E-state index < -0.39 is 29.2 Å². The number of carbonyl (C=O) groups is 2. The van der Waals surface area contributed by atoms with Gasteiger partial charge in [0.05, 0.1) is 23.4 Å². The Balaban J connectivity index is 1.44. The lowest BCUT2D eigenvalue weighted by Crippen LogP contribution is -2.74. The van der Waals surface area contributed by atoms with Gasteiger partial charge in [0.1, 0.15) is 18.9 Å². The summed E-state index contributed by atoms with van der Waals surface area (Å²) in [5.41, 5.74) is -0.297. The Kier molecular flexibility index (Phi) is 6.34. The summed E-state index contributed by atoms with van der Waals surface area (Å²) < 4.78 is 13.6. The van der Waals surface area contributed by atoms with Crippen LogP contribution >= 0.6 is 0 Å². The first-order chi connectivity index (χ1) is 18.5. The molecule has 5 aliphatic rings. The van der Waals surface area contributed by atoms with E-state index in [-0.39, 0.29) is 41.1 Å². The number of aliphatic hydroxyl groups excluding tert-OH is 1. The Morgan fingerprint density at radius 1 is 1.23 bits per heavy atom. The Hall–Kier alpha value is -2.52. The highest BCUT2D eigenvalue weighted by molar-refractivity contribution is 5.98. The third-order valence-electron chi connectivity index (χ3n) is 11.4. The Morgan fingerprint density at radius 2 is 2.03 bits per heavy atom. The fourth-order valence-electron chi connectivity index (χ4n) is 9.20. The van der Waals surface area contributed by atoms with Gasteiger partial charge in [-0.1, -0.05) is 32.9 Å². The molecule has 6 rings (SSSR count). The van der Waals surface area contributed by atoms with Gasteiger partial charge in [-0.05, 0) is 49.7 Å². The van der Waals surface area contributed by atoms with Crippen molar-refractivity contribution in [2.45, 2.75) is 83.7 Å². The van der Waals surface area contributed by atoms with Crippen LogP contribution in [0.2, 0.25) is 0 Å². The first kappa shape index (κ1) is 26.7. The molecule has 10 unspecified atom stereocenters. The number of fused-ring (bicyclic) bond motifs is 3. The molecule has 0 radical (unpaired) electrons. The normalized spacial score (nSPS) is 45.3. The molecule has 1 aromatic rings. The van der Waals surface area contributed by atoms with E-state index >= 15 is 0 Å². The van der Waals surface area contributed by atoms with Crippen molar-refractivity contribution in [1.82, 2.24) is 10.3 Å². The molecule has 3 aliphatic carbocycles. The summed E-state index contributed by atoms with van der Waals surface area (Å²) >= 11 is 0. The van der Waals surface area contributed by atoms with E-state index in [2.05, 4.69) is 43.2 Å². The van der Waals surface area contributed by atoms with Crippen LogP contribution in [-0.4, -0.2) is 65.2 Å². The average Bonchev–Trinajstić information content (AvgIpc) is 3.27. The van der Waals surface area contributed by atoms with Crippen LogP contribution in [0.5, 0.6) is 0 Å². The Bertz CT molecular complexity index is 1170. The highest BCUT2D eigenvalue weighted by Crippen LogP contribution is 2.68. The summed E-state index contributed by atoms with van der Waals surface area (Å²) in [5, 5.41) is 18.8. The molecule has 2 N–H and O–H groups in total. The summed E-state index contributed by atoms with van der Waals surface area (Å²) in [6.07, 6.45) is 5.38. The number of pyridine rings is 1. The van der Waals surface area contributed by atoms with E-state index in [0.717, 1.165) is 19.3 Å². The molecule has 0 bridgehead atoms. The lowest BCUT2D eigenvalue weighted by atomic mass is 9.42. The van der Waals surface area contributed by atoms with Gasteiger partial charge in [-0.3, -0.25) is 9.78 Å². The fraction of sp³-hybridized carbons (Fsp3) is 0.733. The van der Waals surface area contributed by atoms with Crippen LogP contribution in [0.3, 0.4) is 0 Å². The molecule has 212 valence electrons. The zero-order chi connectivity index (χ0) is 27.7. The van der Waals surface area contributed by atoms with Crippen LogP contribution < -0.4 is 5.32 Å². The molecule has 9 heteroatoms. The molecule has 2 aliphatic heterocycles. The highest BCUT2D eigenvalue weighted by atomic mass is 16.6. The molecule has 39 heavy (non-hydrogen) atoms. The summed E-state index contributed by atoms with van der Waals surface area (Å²) in [5.74, 6) is -0.252. The largest absolute Gasteiger partial charge is 0.452 e. The number of hydrogen-bond donors (Lipinski definition) is 2. The molecule has 9 nitrogen and oxygen atoms in total. The van der Waals surface area contributed by atoms with Crippen molar-refractivity contribution in [3.8, 4) is 0 Å². The highest BCUT2D eigenvalue weighted by Gasteiger charge is 2.72. The van der Waals surface area contributed by atoms with Gasteiger partial charge in [0, 0.05) is 53.9 Å². The second kappa shape index (κ2) is 9.26. The maximum absolute atomic E-state index is 13.3. The van der Waals surface area contributed by atoms with Crippen molar-refractivity contribution in [3.05, 3.63) is 30.1 Å². The Labute approximate surface area is 230 Å². The molecule has 10 atom stereocenters. The van der Waals surface area contributed by atoms with Gasteiger partial charge in [0.25, 0.3) is 0 Å². The zero-order valence-electron chi connectivity index (χ0n) is 23.6. The van der Waals surface area contributed by atoms with Crippen LogP contribution in [0, 0.1) is 40.4 Å². The number of carbonyl (C=O) groups excluding carboxylic acids is 2. The van der Waals surface area contributed by atoms with E-state index in [1.54, 1.807) is 18.3 Å². The van der Waals surface area contributed by atoms with Crippen LogP contribution in [-0.2, 0) is 19.1 Å². The number of oxime groups is 1. The minimum absolute atomic E-state index is 0.0160. The van der Waals surface area contributed by atoms with Crippen molar-refractivity contribution >= 4 is 17.6 Å². The van der Waals surface area contributed by atoms with Gasteiger partial charge < -0.3 is 24.7 Å². The summed E-state index contributed by atoms with van der Waals surface area (Å²) in [4.78, 5) is 35.4. The molecule has 3 saturated carbocycles. The zero-order valence-corrected chi connectivity index (χ0v) is 23.6. The number of aromatic nitrogens is 1. The van der Waals surface area contributed by atoms with Gasteiger partial charge in [0.15, 0.2) is 0 Å². The molecular weight excluding hydrogens is 498 g/mol. The molecular formula is C30H41N3O6. The van der Waals surface area contributed by atoms with Gasteiger partial charge in [-0.25, -0.2) is 4.79 Å². The molecule has 0 aromatic carbocycles. The molecule has 2 saturated heterocycles. The standard InChI is InChI=1S/C30H41N3O6/c1-16-8-9-23-28(2,3)25(33-37-5)22(38-27(36)17-7-6-10-31-14-17)13-30(23)29(16,4)12-19-21(34)11-18-20(24(19)39-30)15-32-26(18)35/h6-7,10,14,16,18-24,34H,8-9,11-13,15H2,1-5H3,(H,32,35). The summed E-state index contributed by atoms with van der Waals surface area (Å²) in [7, 11) is 1.52. The van der Waals surface area contributed by atoms with Gasteiger partial charge in [0.2, 0.25) is 5.91 Å². The lowest BCUT2D eigenvalue weighted by Gasteiger charge is -2.70. The molecule has 1 amide bonds. The number of ether oxygens (including phenoxy) is 2. The van der Waals surface area contributed by atoms with Crippen molar-refractivity contribution < 1.29 is 29.0 Å². The van der Waals surface area contributed by atoms with Gasteiger partial charge >= 0.3 is 5.97 Å². The smallest absolute Gasteiger partial charge is 0.340 e. The number of amides is 1. The molecule has 1 aromatic heterocycles. The monoisotopic (exact) mass is 539 g/mol. The van der Waals surface area contributed by atoms with Gasteiger partial charge in [-0.2, -0.15) is 0 Å². The third-order valence-corrected chi connectivity index (χ3v) is 11.4. The number of aliphatic hydroxyl groups is 1. The van der Waals surface area contributed by atoms with Crippen LogP contribution in [0.1, 0.15) is 70.2 Å². The number of rotatable bonds is 3. The third kappa shape index (κ3) is 3.79. The van der Waals surface area contributed by atoms with Gasteiger partial charge in [-0.15, -0.1) is 0 Å². The fourth-order valence-corrected chi connectivity index (χ4v) is 9.20. The summed E-state index contributed by atoms with van der Waals surface area (Å²) in [6, 6.07) is 3.41. The van der Waals surface area contributed by atoms with Crippen molar-refractivity contribution in [2.75, 3.05) is 13.7 Å². The first-order valence-electron chi connectivity index (χ1n) is 14.4. The number of nitrogens with zero attached hydrogens (tertiary/aromatic N) is 2. The van der Waals surface area contributed by atoms with Crippen molar-refractivity contribution in [1.29, 1.82) is 0 Å². The Morgan fingerprint density at radius 3 is 2.74 bits per heavy atom. The maximum atomic E-state index is 13.3. The maximum Gasteiger partial charge on any atom is 0.340 e. The van der Waals surface area contributed by atoms with Crippen molar-refractivity contribution in [2.24, 2.45) is 45.6 Å². The predicted octanol–water partition coefficient (Wildman–Crippen LogP) is 3.36. The van der Waals surface area contributed by atoms with Crippen LogP contribution in [0.15, 0.2) is 29.7 Å². The molecule has 3 heterocycles. The molecule has 1 spiro atoms. The molecule has 5 fully saturated rings. The number of esters is 1. The lowest BCUT2D eigenvalue weighted by molar-refractivity contribution is -0.323. The minimum Gasteiger partial charge on any atom is -0.452 e. The van der Waals surface area contributed by atoms with Crippen LogP contribution in [0.25, 0.3) is 0 Å². The first-order valence-corrected chi connectivity index (χ1v) is 14.4. The second-order valence-electron chi connectivity index (χ2n) is 13.3. The number of hydrogen-bond acceptors (Lipinski definition) is 8. The van der Waals surface area contributed by atoms with E-state index in [4.69, 9.17) is 14.3 Å². The topological polar surface area (TPSA) is 119 Å². The summed E-state index contributed by atoms with van der Waals surface area (Å²) in [6.45, 7) is 9.50. The quantitative estimate of drug-likeness (QED) is 0.447. The predicted molar refractivity (Wildman–Crippen MR) is 143 cm³/mol. The van der Waals surface area contributed by atoms with E-state index in [9.17, 15) is 14.7 Å². The SMILES string of the molecule is CON=C1C(OC(=O)c2cccnc2)CC23OC4C(CC2(C)C(C)CCC3C1(C)C)C(O)CC1C(=O)NCC14. The van der Waals surface area contributed by atoms with E-state index in [1.165, 1.54) is 13.3 Å². The average molecular weight is 540 g/mol. The number of nitrogens with one attached hydrogen (secondary N) is 1. The minimum atomic E-state index is -0.655. The van der Waals surface area contributed by atoms with Crippen molar-refractivity contribution in [3.63, 3.8) is 0 Å². The van der Waals surface area contributed by atoms with E-state index in [1.807, 2.05) is 0 Å². The van der Waals surface area contributed by atoms with E-state index in [0.29, 0.717) is 36.6 Å². The second-order valence-corrected chi connectivity index (χ2v) is 13.3.